The Labute approximate surface area is 158 Å². The van der Waals surface area contributed by atoms with Gasteiger partial charge in [-0.1, -0.05) is 48.0 Å². The molecular weight excluding hydrogens is 348 g/mol. The minimum absolute atomic E-state index is 0.00908. The number of rotatable bonds is 4. The van der Waals surface area contributed by atoms with E-state index in [2.05, 4.69) is 0 Å². The Balaban J connectivity index is 1.37. The van der Waals surface area contributed by atoms with Crippen LogP contribution in [0.3, 0.4) is 0 Å². The molecular formula is C21H23ClN2O2. The van der Waals surface area contributed by atoms with E-state index in [1.54, 1.807) is 0 Å². The summed E-state index contributed by atoms with van der Waals surface area (Å²) < 4.78 is 5.70. The van der Waals surface area contributed by atoms with Crippen LogP contribution >= 0.6 is 11.6 Å². The predicted molar refractivity (Wildman–Crippen MR) is 103 cm³/mol. The second kappa shape index (κ2) is 7.29. The third-order valence-electron chi connectivity index (χ3n) is 5.66. The van der Waals surface area contributed by atoms with Crippen LogP contribution in [0.25, 0.3) is 11.1 Å². The Morgan fingerprint density at radius 1 is 1.12 bits per heavy atom. The summed E-state index contributed by atoms with van der Waals surface area (Å²) in [5.74, 6) is 1.56. The van der Waals surface area contributed by atoms with E-state index in [1.165, 1.54) is 0 Å². The van der Waals surface area contributed by atoms with Crippen LogP contribution in [0, 0.1) is 11.8 Å². The van der Waals surface area contributed by atoms with E-state index in [9.17, 15) is 4.79 Å². The minimum Gasteiger partial charge on any atom is -0.482 e. The molecule has 1 saturated heterocycles. The molecule has 1 aliphatic carbocycles. The van der Waals surface area contributed by atoms with Crippen molar-refractivity contribution in [2.24, 2.45) is 17.6 Å². The Kier molecular flexibility index (Phi) is 4.88. The van der Waals surface area contributed by atoms with Crippen LogP contribution < -0.4 is 10.5 Å². The highest BCUT2D eigenvalue weighted by Gasteiger charge is 2.42. The molecule has 4 nitrogen and oxygen atoms in total. The molecule has 1 saturated carbocycles. The van der Waals surface area contributed by atoms with Crippen molar-refractivity contribution in [2.75, 3.05) is 19.7 Å². The molecule has 1 heterocycles. The van der Waals surface area contributed by atoms with Gasteiger partial charge >= 0.3 is 0 Å². The number of carbonyl (C=O) groups excluding carboxylic acids is 1. The first-order valence-electron chi connectivity index (χ1n) is 9.13. The van der Waals surface area contributed by atoms with Crippen LogP contribution in [0.2, 0.25) is 5.02 Å². The maximum atomic E-state index is 12.5. The first kappa shape index (κ1) is 17.4. The van der Waals surface area contributed by atoms with Crippen LogP contribution in [-0.4, -0.2) is 36.5 Å². The van der Waals surface area contributed by atoms with Gasteiger partial charge in [0.1, 0.15) is 5.75 Å². The topological polar surface area (TPSA) is 55.6 Å². The number of amides is 1. The number of hydrogen-bond donors (Lipinski definition) is 1. The van der Waals surface area contributed by atoms with Gasteiger partial charge in [-0.05, 0) is 47.9 Å². The molecule has 1 aliphatic heterocycles. The maximum Gasteiger partial charge on any atom is 0.260 e. The first-order valence-corrected chi connectivity index (χ1v) is 9.51. The quantitative estimate of drug-likeness (QED) is 0.894. The summed E-state index contributed by atoms with van der Waals surface area (Å²) in [6.45, 7) is 1.58. The van der Waals surface area contributed by atoms with Gasteiger partial charge in [-0.15, -0.1) is 0 Å². The molecule has 2 aromatic carbocycles. The second-order valence-corrected chi connectivity index (χ2v) is 7.67. The van der Waals surface area contributed by atoms with Crippen LogP contribution in [0.1, 0.15) is 12.8 Å². The van der Waals surface area contributed by atoms with Gasteiger partial charge < -0.3 is 15.4 Å². The number of likely N-dealkylation sites (tertiary alicyclic amines) is 1. The summed E-state index contributed by atoms with van der Waals surface area (Å²) in [6, 6.07) is 15.9. The molecule has 2 N–H and O–H groups in total. The lowest BCUT2D eigenvalue weighted by atomic mass is 9.98. The molecule has 136 valence electrons. The molecule has 1 amide bonds. The number of nitrogens with zero attached hydrogens (tertiary/aromatic N) is 1. The summed E-state index contributed by atoms with van der Waals surface area (Å²) in [6.07, 6.45) is 2.21. The fraction of sp³-hybridized carbons (Fsp3) is 0.381. The lowest BCUT2D eigenvalue weighted by Gasteiger charge is -2.19. The zero-order valence-electron chi connectivity index (χ0n) is 14.6. The number of hydrogen-bond acceptors (Lipinski definition) is 3. The summed E-state index contributed by atoms with van der Waals surface area (Å²) in [5.41, 5.74) is 8.26. The monoisotopic (exact) mass is 370 g/mol. The Morgan fingerprint density at radius 2 is 1.92 bits per heavy atom. The molecule has 4 rings (SSSR count). The SMILES string of the molecule is NC1CCC2CN(C(=O)COc3ccc(-c4ccccc4)cc3Cl)CC12. The molecule has 0 spiro atoms. The molecule has 0 radical (unpaired) electrons. The zero-order chi connectivity index (χ0) is 18.1. The summed E-state index contributed by atoms with van der Waals surface area (Å²) >= 11 is 6.35. The van der Waals surface area contributed by atoms with E-state index in [-0.39, 0.29) is 18.6 Å². The number of carbonyl (C=O) groups is 1. The Morgan fingerprint density at radius 3 is 2.65 bits per heavy atom. The van der Waals surface area contributed by atoms with Gasteiger partial charge in [0.25, 0.3) is 5.91 Å². The van der Waals surface area contributed by atoms with Gasteiger partial charge in [0, 0.05) is 19.1 Å². The Hall–Kier alpha value is -2.04. The van der Waals surface area contributed by atoms with Crippen molar-refractivity contribution in [3.05, 3.63) is 53.6 Å². The summed E-state index contributed by atoms with van der Waals surface area (Å²) in [4.78, 5) is 14.4. The van der Waals surface area contributed by atoms with Gasteiger partial charge in [-0.25, -0.2) is 0 Å². The predicted octanol–water partition coefficient (Wildman–Crippen LogP) is 3.58. The highest BCUT2D eigenvalue weighted by molar-refractivity contribution is 6.32. The average Bonchev–Trinajstić information content (AvgIpc) is 3.23. The van der Waals surface area contributed by atoms with Gasteiger partial charge in [-0.2, -0.15) is 0 Å². The van der Waals surface area contributed by atoms with Crippen molar-refractivity contribution in [3.63, 3.8) is 0 Å². The highest BCUT2D eigenvalue weighted by atomic mass is 35.5. The molecule has 0 aromatic heterocycles. The number of nitrogens with two attached hydrogens (primary N) is 1. The zero-order valence-corrected chi connectivity index (χ0v) is 15.4. The third-order valence-corrected chi connectivity index (χ3v) is 5.95. The average molecular weight is 371 g/mol. The lowest BCUT2D eigenvalue weighted by molar-refractivity contribution is -0.132. The molecule has 2 aromatic rings. The third kappa shape index (κ3) is 3.44. The van der Waals surface area contributed by atoms with Crippen molar-refractivity contribution >= 4 is 17.5 Å². The number of fused-ring (bicyclic) bond motifs is 1. The largest absolute Gasteiger partial charge is 0.482 e. The van der Waals surface area contributed by atoms with Gasteiger partial charge in [-0.3, -0.25) is 4.79 Å². The fourth-order valence-electron chi connectivity index (χ4n) is 4.17. The number of benzene rings is 2. The summed E-state index contributed by atoms with van der Waals surface area (Å²) in [7, 11) is 0. The van der Waals surface area contributed by atoms with Crippen LogP contribution in [0.4, 0.5) is 0 Å². The second-order valence-electron chi connectivity index (χ2n) is 7.26. The molecule has 2 aliphatic rings. The molecule has 3 unspecified atom stereocenters. The maximum absolute atomic E-state index is 12.5. The van der Waals surface area contributed by atoms with Crippen molar-refractivity contribution in [1.82, 2.24) is 4.90 Å². The van der Waals surface area contributed by atoms with Crippen molar-refractivity contribution < 1.29 is 9.53 Å². The van der Waals surface area contributed by atoms with Gasteiger partial charge in [0.15, 0.2) is 6.61 Å². The van der Waals surface area contributed by atoms with E-state index < -0.39 is 0 Å². The smallest absolute Gasteiger partial charge is 0.260 e. The molecule has 2 fully saturated rings. The van der Waals surface area contributed by atoms with E-state index in [0.717, 1.165) is 37.1 Å². The molecule has 26 heavy (non-hydrogen) atoms. The van der Waals surface area contributed by atoms with E-state index in [1.807, 2.05) is 53.4 Å². The fourth-order valence-corrected chi connectivity index (χ4v) is 4.41. The van der Waals surface area contributed by atoms with Crippen LogP contribution in [0.15, 0.2) is 48.5 Å². The van der Waals surface area contributed by atoms with Crippen molar-refractivity contribution in [3.8, 4) is 16.9 Å². The molecule has 5 heteroatoms. The minimum atomic E-state index is 0.00908. The highest BCUT2D eigenvalue weighted by Crippen LogP contribution is 2.37. The van der Waals surface area contributed by atoms with Crippen LogP contribution in [0.5, 0.6) is 5.75 Å². The summed E-state index contributed by atoms with van der Waals surface area (Å²) in [5, 5.41) is 0.513. The normalized spacial score (nSPS) is 24.5. The van der Waals surface area contributed by atoms with E-state index in [4.69, 9.17) is 22.1 Å². The molecule has 3 atom stereocenters. The lowest BCUT2D eigenvalue weighted by Crippen LogP contribution is -2.36. The van der Waals surface area contributed by atoms with E-state index >= 15 is 0 Å². The van der Waals surface area contributed by atoms with Crippen LogP contribution in [-0.2, 0) is 4.79 Å². The van der Waals surface area contributed by atoms with Gasteiger partial charge in [0.2, 0.25) is 0 Å². The Bertz CT molecular complexity index is 796. The number of halogens is 1. The molecule has 0 bridgehead atoms. The van der Waals surface area contributed by atoms with E-state index in [0.29, 0.717) is 22.6 Å². The number of ether oxygens (including phenoxy) is 1. The van der Waals surface area contributed by atoms with Crippen molar-refractivity contribution in [2.45, 2.75) is 18.9 Å². The standard InChI is InChI=1S/C21H23ClN2O2/c22-18-10-15(14-4-2-1-3-5-14)7-9-20(18)26-13-21(25)24-11-16-6-8-19(23)17(16)12-24/h1-5,7,9-10,16-17,19H,6,8,11-13,23H2. The van der Waals surface area contributed by atoms with Gasteiger partial charge in [0.05, 0.1) is 5.02 Å². The van der Waals surface area contributed by atoms with Crippen molar-refractivity contribution in [1.29, 1.82) is 0 Å². The first-order chi connectivity index (χ1) is 12.6.